The summed E-state index contributed by atoms with van der Waals surface area (Å²) in [5, 5.41) is 26.3. The number of benzene rings is 3. The lowest BCUT2D eigenvalue weighted by Gasteiger charge is -2.36. The van der Waals surface area contributed by atoms with Gasteiger partial charge in [-0.25, -0.2) is 18.1 Å². The molecule has 1 amide bonds. The number of ether oxygens (including phenoxy) is 1. The van der Waals surface area contributed by atoms with Gasteiger partial charge in [-0.15, -0.1) is 0 Å². The molecule has 0 unspecified atom stereocenters. The molecule has 0 spiro atoms. The highest BCUT2D eigenvalue weighted by molar-refractivity contribution is 7.90. The molecule has 3 heterocycles. The summed E-state index contributed by atoms with van der Waals surface area (Å²) in [6.45, 7) is 5.54. The van der Waals surface area contributed by atoms with Crippen molar-refractivity contribution in [3.05, 3.63) is 124 Å². The molecular formula is C46H52N6O7S. The Kier molecular flexibility index (Phi) is 11.8. The molecule has 314 valence electrons. The number of nitrogens with zero attached hydrogens (tertiary/aromatic N) is 3. The maximum absolute atomic E-state index is 13.9. The van der Waals surface area contributed by atoms with Gasteiger partial charge in [-0.2, -0.15) is 0 Å². The van der Waals surface area contributed by atoms with Gasteiger partial charge in [-0.1, -0.05) is 43.3 Å². The monoisotopic (exact) mass is 832 g/mol. The zero-order valence-electron chi connectivity index (χ0n) is 34.0. The molecule has 2 aromatic heterocycles. The van der Waals surface area contributed by atoms with Crippen LogP contribution in [0.25, 0.3) is 16.6 Å². The van der Waals surface area contributed by atoms with E-state index in [1.165, 1.54) is 35.9 Å². The average molecular weight is 833 g/mol. The molecule has 0 bridgehead atoms. The van der Waals surface area contributed by atoms with Crippen LogP contribution >= 0.6 is 0 Å². The Hall–Kier alpha value is -5.57. The largest absolute Gasteiger partial charge is 0.455 e. The molecule has 60 heavy (non-hydrogen) atoms. The van der Waals surface area contributed by atoms with Crippen molar-refractivity contribution < 1.29 is 28.0 Å². The molecule has 2 atom stereocenters. The number of aromatic nitrogens is 2. The molecule has 2 aliphatic carbocycles. The number of aromatic amines is 1. The summed E-state index contributed by atoms with van der Waals surface area (Å²) in [6.07, 6.45) is 14.4. The zero-order chi connectivity index (χ0) is 42.0. The van der Waals surface area contributed by atoms with Crippen LogP contribution < -0.4 is 14.8 Å². The highest BCUT2D eigenvalue weighted by atomic mass is 32.2. The third kappa shape index (κ3) is 8.96. The van der Waals surface area contributed by atoms with E-state index in [1.54, 1.807) is 24.4 Å². The molecule has 1 saturated carbocycles. The minimum absolute atomic E-state index is 0.0282. The second-order valence-electron chi connectivity index (χ2n) is 16.7. The van der Waals surface area contributed by atoms with Gasteiger partial charge in [0.05, 0.1) is 27.2 Å². The molecule has 5 aromatic rings. The summed E-state index contributed by atoms with van der Waals surface area (Å²) in [5.41, 5.74) is 4.51. The highest BCUT2D eigenvalue weighted by Crippen LogP contribution is 2.41. The lowest BCUT2D eigenvalue weighted by atomic mass is 9.80. The predicted molar refractivity (Wildman–Crippen MR) is 232 cm³/mol. The van der Waals surface area contributed by atoms with E-state index in [2.05, 4.69) is 62.2 Å². The Bertz CT molecular complexity index is 2540. The third-order valence-corrected chi connectivity index (χ3v) is 13.9. The number of hydrogen-bond acceptors (Lipinski definition) is 10. The number of rotatable bonds is 13. The van der Waals surface area contributed by atoms with Crippen molar-refractivity contribution in [1.29, 1.82) is 0 Å². The van der Waals surface area contributed by atoms with Crippen molar-refractivity contribution in [2.75, 3.05) is 18.4 Å². The lowest BCUT2D eigenvalue weighted by Crippen LogP contribution is -2.36. The van der Waals surface area contributed by atoms with E-state index in [0.29, 0.717) is 42.9 Å². The fourth-order valence-corrected chi connectivity index (χ4v) is 10.2. The van der Waals surface area contributed by atoms with Gasteiger partial charge < -0.3 is 20.1 Å². The number of pyridine rings is 1. The van der Waals surface area contributed by atoms with Gasteiger partial charge in [0.1, 0.15) is 22.8 Å². The van der Waals surface area contributed by atoms with E-state index in [0.717, 1.165) is 74.1 Å². The van der Waals surface area contributed by atoms with Crippen LogP contribution in [0.15, 0.2) is 96.2 Å². The van der Waals surface area contributed by atoms with E-state index in [-0.39, 0.29) is 22.9 Å². The number of aryl methyl sites for hydroxylation is 1. The summed E-state index contributed by atoms with van der Waals surface area (Å²) >= 11 is 0. The predicted octanol–water partition coefficient (Wildman–Crippen LogP) is 9.07. The molecule has 3 aromatic carbocycles. The van der Waals surface area contributed by atoms with Crippen molar-refractivity contribution in [2.24, 2.45) is 5.92 Å². The van der Waals surface area contributed by atoms with E-state index in [4.69, 9.17) is 4.74 Å². The van der Waals surface area contributed by atoms with Gasteiger partial charge in [0.25, 0.3) is 21.6 Å². The molecule has 14 heteroatoms. The van der Waals surface area contributed by atoms with E-state index in [1.807, 2.05) is 19.1 Å². The number of likely N-dealkylation sites (tertiary alicyclic amines) is 1. The number of amides is 1. The smallest absolute Gasteiger partial charge is 0.293 e. The Balaban J connectivity index is 1.02. The van der Waals surface area contributed by atoms with E-state index < -0.39 is 37.0 Å². The normalized spacial score (nSPS) is 22.3. The quantitative estimate of drug-likeness (QED) is 0.0661. The summed E-state index contributed by atoms with van der Waals surface area (Å²) in [7, 11) is -4.56. The van der Waals surface area contributed by atoms with Crippen LogP contribution in [0.2, 0.25) is 0 Å². The van der Waals surface area contributed by atoms with Crippen LogP contribution in [0.4, 0.5) is 11.4 Å². The van der Waals surface area contributed by atoms with Crippen molar-refractivity contribution in [3.8, 4) is 11.5 Å². The number of hydrogen-bond donors (Lipinski definition) is 4. The molecule has 4 N–H and O–H groups in total. The first-order valence-corrected chi connectivity index (χ1v) is 22.5. The van der Waals surface area contributed by atoms with Crippen molar-refractivity contribution in [3.63, 3.8) is 0 Å². The van der Waals surface area contributed by atoms with E-state index in [9.17, 15) is 28.4 Å². The highest BCUT2D eigenvalue weighted by Gasteiger charge is 2.34. The molecule has 2 fully saturated rings. The zero-order valence-corrected chi connectivity index (χ0v) is 34.8. The van der Waals surface area contributed by atoms with Crippen molar-refractivity contribution in [1.82, 2.24) is 19.6 Å². The van der Waals surface area contributed by atoms with Gasteiger partial charge >= 0.3 is 0 Å². The van der Waals surface area contributed by atoms with Crippen LogP contribution in [0, 0.1) is 16.0 Å². The fraction of sp³-hybridized carbons (Fsp3) is 0.391. The number of H-pyrrole nitrogens is 1. The standard InChI is InChI=1S/C46H52N6O7S/c1-3-31-7-4-5-8-38(31)41-9-6-24-51(41)35-13-10-32(11-14-35)33-12-16-39(43(26-33)59-36-25-34-20-23-47-44(34)49-29-36)45(53)50-60(57,58)37-15-17-40(42(27-37)52(55)56)48-28-30-18-21-46(2,54)22-19-30/h4-5,7-8,10,12,15-17,20,23,25-27,29-30,35,41,48,54H,3,6,9,11,13-14,18-19,21-22,24,28H2,1-2H3,(H,47,49)(H,50,53)/t30?,35-,41+,46?/m1/s1. The lowest BCUT2D eigenvalue weighted by molar-refractivity contribution is -0.384. The molecule has 0 radical (unpaired) electrons. The number of anilines is 1. The molecule has 8 rings (SSSR count). The Morgan fingerprint density at radius 2 is 1.88 bits per heavy atom. The first-order valence-electron chi connectivity index (χ1n) is 21.0. The third-order valence-electron chi connectivity index (χ3n) is 12.6. The number of carbonyl (C=O) groups is 1. The van der Waals surface area contributed by atoms with Gasteiger partial charge in [-0.05, 0) is 142 Å². The van der Waals surface area contributed by atoms with Crippen LogP contribution in [0.3, 0.4) is 0 Å². The van der Waals surface area contributed by atoms with Crippen molar-refractivity contribution >= 4 is 43.9 Å². The van der Waals surface area contributed by atoms with Gasteiger partial charge in [0, 0.05) is 36.3 Å². The summed E-state index contributed by atoms with van der Waals surface area (Å²) in [6, 6.07) is 21.9. The Morgan fingerprint density at radius 3 is 2.65 bits per heavy atom. The minimum Gasteiger partial charge on any atom is -0.455 e. The van der Waals surface area contributed by atoms with E-state index >= 15 is 0 Å². The molecule has 3 aliphatic rings. The number of allylic oxidation sites excluding steroid dienone is 1. The molecule has 13 nitrogen and oxygen atoms in total. The SMILES string of the molecule is CCc1ccccc1[C@@H]1CCCN1[C@@H]1CC=C(c2ccc(C(=O)NS(=O)(=O)c3ccc(NCC4CCC(C)(O)CC4)c([N+](=O)[O-])c3)c(Oc3cnc4[nH]ccc4c3)c2)CC1. The summed E-state index contributed by atoms with van der Waals surface area (Å²) < 4.78 is 35.8. The maximum Gasteiger partial charge on any atom is 0.293 e. The summed E-state index contributed by atoms with van der Waals surface area (Å²) in [5.74, 6) is -0.237. The second kappa shape index (κ2) is 17.2. The average Bonchev–Trinajstić information content (AvgIpc) is 3.93. The molecular weight excluding hydrogens is 781 g/mol. The minimum atomic E-state index is -4.56. The number of fused-ring (bicyclic) bond motifs is 1. The van der Waals surface area contributed by atoms with Crippen LogP contribution in [-0.2, 0) is 16.4 Å². The molecule has 1 aliphatic heterocycles. The number of nitro groups is 1. The van der Waals surface area contributed by atoms with Gasteiger partial charge in [0.15, 0.2) is 0 Å². The first-order chi connectivity index (χ1) is 28.9. The van der Waals surface area contributed by atoms with Crippen LogP contribution in [0.1, 0.15) is 105 Å². The summed E-state index contributed by atoms with van der Waals surface area (Å²) in [4.78, 5) is 35.1. The number of sulfonamides is 1. The van der Waals surface area contributed by atoms with Gasteiger partial charge in [0.2, 0.25) is 0 Å². The van der Waals surface area contributed by atoms with Gasteiger partial charge in [-0.3, -0.25) is 19.8 Å². The maximum atomic E-state index is 13.9. The number of nitrogens with one attached hydrogen (secondary N) is 3. The first kappa shape index (κ1) is 41.2. The topological polar surface area (TPSA) is 180 Å². The second-order valence-corrected chi connectivity index (χ2v) is 18.4. The van der Waals surface area contributed by atoms with Crippen LogP contribution in [0.5, 0.6) is 11.5 Å². The fourth-order valence-electron chi connectivity index (χ4n) is 9.19. The Morgan fingerprint density at radius 1 is 1.07 bits per heavy atom. The number of aliphatic hydroxyl groups is 1. The van der Waals surface area contributed by atoms with Crippen molar-refractivity contribution in [2.45, 2.75) is 101 Å². The van der Waals surface area contributed by atoms with Crippen LogP contribution in [-0.4, -0.2) is 64.0 Å². The number of nitro benzene ring substituents is 1. The number of carbonyl (C=O) groups excluding carboxylic acids is 1. The molecule has 1 saturated heterocycles. The Labute approximate surface area is 350 Å².